The molecule has 41 heavy (non-hydrogen) atoms. The van der Waals surface area contributed by atoms with Crippen molar-refractivity contribution in [2.24, 2.45) is 18.6 Å². The first-order valence-corrected chi connectivity index (χ1v) is 13.7. The number of nitrogens with zero attached hydrogens (tertiary/aromatic N) is 4. The Balaban J connectivity index is 1.54. The van der Waals surface area contributed by atoms with E-state index in [0.717, 1.165) is 60.8 Å². The van der Waals surface area contributed by atoms with E-state index in [1.165, 1.54) is 11.1 Å². The first-order valence-electron chi connectivity index (χ1n) is 13.3. The first kappa shape index (κ1) is 30.4. The molecule has 220 valence electrons. The van der Waals surface area contributed by atoms with Gasteiger partial charge in [-0.15, -0.1) is 0 Å². The molecule has 8 nitrogen and oxygen atoms in total. The van der Waals surface area contributed by atoms with Crippen LogP contribution in [-0.4, -0.2) is 38.7 Å². The van der Waals surface area contributed by atoms with E-state index in [0.29, 0.717) is 11.3 Å². The third kappa shape index (κ3) is 7.41. The van der Waals surface area contributed by atoms with Crippen LogP contribution < -0.4 is 16.9 Å². The molecule has 5 N–H and O–H groups in total. The molecular weight excluding hydrogens is 555 g/mol. The Morgan fingerprint density at radius 3 is 2.49 bits per heavy atom. The molecule has 2 heterocycles. The molecule has 0 bridgehead atoms. The van der Waals surface area contributed by atoms with Crippen LogP contribution in [-0.2, 0) is 26.3 Å². The highest BCUT2D eigenvalue weighted by molar-refractivity contribution is 6.32. The highest BCUT2D eigenvalue weighted by atomic mass is 35.5. The summed E-state index contributed by atoms with van der Waals surface area (Å²) < 4.78 is 43.2. The van der Waals surface area contributed by atoms with Crippen LogP contribution in [0.3, 0.4) is 0 Å². The zero-order chi connectivity index (χ0) is 29.9. The minimum Gasteiger partial charge on any atom is -0.397 e. The van der Waals surface area contributed by atoms with Crippen LogP contribution in [0.4, 0.5) is 18.9 Å². The van der Waals surface area contributed by atoms with Crippen LogP contribution in [0, 0.1) is 13.8 Å². The van der Waals surface area contributed by atoms with Crippen molar-refractivity contribution in [1.82, 2.24) is 19.7 Å². The minimum absolute atomic E-state index is 0.0314. The summed E-state index contributed by atoms with van der Waals surface area (Å²) in [4.78, 5) is 15.3. The van der Waals surface area contributed by atoms with Crippen molar-refractivity contribution in [3.63, 3.8) is 0 Å². The van der Waals surface area contributed by atoms with Gasteiger partial charge >= 0.3 is 6.18 Å². The van der Waals surface area contributed by atoms with Gasteiger partial charge in [0.15, 0.2) is 0 Å². The molecular formula is C29H35ClF3N7O. The van der Waals surface area contributed by atoms with E-state index < -0.39 is 17.6 Å². The standard InChI is InChI=1S/C29H35ClF3N7O/c1-18-7-8-20(11-21(18)16-40(35)17-26(34)24-14-36-38(3)19(24)2)28(41)37-23-12-22(15-39-9-5-4-6-10-39)27(30)25(13-23)29(31,32)33/h7-8,11-14,17H,4-6,9-10,15-16,34-35H2,1-3H3,(H,37,41)/b26-17-. The Kier molecular flexibility index (Phi) is 9.31. The summed E-state index contributed by atoms with van der Waals surface area (Å²) in [6.45, 7) is 5.88. The van der Waals surface area contributed by atoms with E-state index >= 15 is 0 Å². The number of halogens is 4. The van der Waals surface area contributed by atoms with Gasteiger partial charge in [-0.1, -0.05) is 24.1 Å². The summed E-state index contributed by atoms with van der Waals surface area (Å²) in [5, 5.41) is 7.89. The van der Waals surface area contributed by atoms with E-state index in [1.54, 1.807) is 35.3 Å². The normalized spacial score (nSPS) is 14.8. The lowest BCUT2D eigenvalue weighted by molar-refractivity contribution is -0.137. The predicted octanol–water partition coefficient (Wildman–Crippen LogP) is 5.58. The topological polar surface area (TPSA) is 105 Å². The van der Waals surface area contributed by atoms with Gasteiger partial charge in [0.1, 0.15) is 0 Å². The van der Waals surface area contributed by atoms with Gasteiger partial charge in [-0.3, -0.25) is 14.4 Å². The molecule has 0 aliphatic carbocycles. The third-order valence-corrected chi connectivity index (χ3v) is 7.82. The van der Waals surface area contributed by atoms with E-state index in [-0.39, 0.29) is 29.4 Å². The molecule has 0 atom stereocenters. The lowest BCUT2D eigenvalue weighted by atomic mass is 10.0. The van der Waals surface area contributed by atoms with Crippen molar-refractivity contribution in [2.75, 3.05) is 18.4 Å². The van der Waals surface area contributed by atoms with Gasteiger partial charge in [-0.25, -0.2) is 5.84 Å². The van der Waals surface area contributed by atoms with Crippen LogP contribution in [0.25, 0.3) is 5.70 Å². The average molecular weight is 590 g/mol. The summed E-state index contributed by atoms with van der Waals surface area (Å²) >= 11 is 6.22. The van der Waals surface area contributed by atoms with Gasteiger partial charge < -0.3 is 16.1 Å². The lowest BCUT2D eigenvalue weighted by Gasteiger charge is -2.27. The van der Waals surface area contributed by atoms with Crippen LogP contribution >= 0.6 is 11.6 Å². The number of carbonyl (C=O) groups excluding carboxylic acids is 1. The molecule has 0 saturated carbocycles. The van der Waals surface area contributed by atoms with Gasteiger partial charge in [0, 0.05) is 42.3 Å². The summed E-state index contributed by atoms with van der Waals surface area (Å²) in [7, 11) is 1.82. The molecule has 1 aliphatic heterocycles. The number of hydrazine groups is 1. The summed E-state index contributed by atoms with van der Waals surface area (Å²) in [6.07, 6.45) is 1.65. The van der Waals surface area contributed by atoms with Crippen molar-refractivity contribution in [1.29, 1.82) is 0 Å². The number of aryl methyl sites for hydroxylation is 2. The number of anilines is 1. The quantitative estimate of drug-likeness (QED) is 0.234. The highest BCUT2D eigenvalue weighted by Gasteiger charge is 2.35. The Morgan fingerprint density at radius 1 is 1.15 bits per heavy atom. The highest BCUT2D eigenvalue weighted by Crippen LogP contribution is 2.39. The fourth-order valence-electron chi connectivity index (χ4n) is 4.90. The monoisotopic (exact) mass is 589 g/mol. The second-order valence-corrected chi connectivity index (χ2v) is 10.8. The SMILES string of the molecule is Cc1ccc(C(=O)Nc2cc(CN3CCCCC3)c(Cl)c(C(F)(F)F)c2)cc1CN(N)/C=C(\N)c1cnn(C)c1C. The first-order chi connectivity index (χ1) is 19.3. The van der Waals surface area contributed by atoms with Crippen molar-refractivity contribution < 1.29 is 18.0 Å². The van der Waals surface area contributed by atoms with Gasteiger partial charge in [0.25, 0.3) is 5.91 Å². The van der Waals surface area contributed by atoms with E-state index in [2.05, 4.69) is 15.3 Å². The number of hydrogen-bond acceptors (Lipinski definition) is 6. The molecule has 1 amide bonds. The van der Waals surface area contributed by atoms with E-state index in [9.17, 15) is 18.0 Å². The zero-order valence-electron chi connectivity index (χ0n) is 23.4. The van der Waals surface area contributed by atoms with Gasteiger partial charge in [0.2, 0.25) is 0 Å². The molecule has 0 radical (unpaired) electrons. The fraction of sp³-hybridized carbons (Fsp3) is 0.379. The number of aromatic nitrogens is 2. The van der Waals surface area contributed by atoms with Crippen molar-refractivity contribution in [2.45, 2.75) is 52.4 Å². The average Bonchev–Trinajstić information content (AvgIpc) is 3.25. The molecule has 1 saturated heterocycles. The Bertz CT molecular complexity index is 1440. The van der Waals surface area contributed by atoms with Gasteiger partial charge in [-0.2, -0.15) is 18.3 Å². The predicted molar refractivity (Wildman–Crippen MR) is 155 cm³/mol. The van der Waals surface area contributed by atoms with Gasteiger partial charge in [-0.05, 0) is 80.7 Å². The van der Waals surface area contributed by atoms with Crippen molar-refractivity contribution >= 4 is 28.9 Å². The second-order valence-electron chi connectivity index (χ2n) is 10.5. The molecule has 12 heteroatoms. The largest absolute Gasteiger partial charge is 0.417 e. The number of alkyl halides is 3. The Morgan fingerprint density at radius 2 is 1.85 bits per heavy atom. The van der Waals surface area contributed by atoms with Gasteiger partial charge in [0.05, 0.1) is 29.0 Å². The van der Waals surface area contributed by atoms with Crippen LogP contribution in [0.15, 0.2) is 42.7 Å². The number of nitrogens with two attached hydrogens (primary N) is 2. The lowest BCUT2D eigenvalue weighted by Crippen LogP contribution is -2.29. The van der Waals surface area contributed by atoms with Crippen LogP contribution in [0.2, 0.25) is 5.02 Å². The molecule has 1 aliphatic rings. The number of likely N-dealkylation sites (tertiary alicyclic amines) is 1. The van der Waals surface area contributed by atoms with Crippen LogP contribution in [0.5, 0.6) is 0 Å². The van der Waals surface area contributed by atoms with Crippen molar-refractivity contribution in [3.05, 3.63) is 86.8 Å². The summed E-state index contributed by atoms with van der Waals surface area (Å²) in [6, 6.07) is 7.45. The van der Waals surface area contributed by atoms with E-state index in [1.807, 2.05) is 20.9 Å². The number of carbonyl (C=O) groups is 1. The van der Waals surface area contributed by atoms with Crippen LogP contribution in [0.1, 0.15) is 63.1 Å². The number of benzene rings is 2. The number of nitrogens with one attached hydrogen (secondary N) is 1. The molecule has 2 aromatic carbocycles. The maximum atomic E-state index is 13.8. The Hall–Kier alpha value is -3.54. The second kappa shape index (κ2) is 12.5. The number of rotatable bonds is 8. The molecule has 4 rings (SSSR count). The molecule has 1 fully saturated rings. The molecule has 1 aromatic heterocycles. The molecule has 3 aromatic rings. The smallest absolute Gasteiger partial charge is 0.397 e. The van der Waals surface area contributed by atoms with Crippen molar-refractivity contribution in [3.8, 4) is 0 Å². The molecule has 0 spiro atoms. The fourth-order valence-corrected chi connectivity index (χ4v) is 5.17. The number of piperidine rings is 1. The Labute approximate surface area is 242 Å². The molecule has 0 unspecified atom stereocenters. The minimum atomic E-state index is -4.67. The maximum Gasteiger partial charge on any atom is 0.417 e. The third-order valence-electron chi connectivity index (χ3n) is 7.37. The number of hydrogen-bond donors (Lipinski definition) is 3. The zero-order valence-corrected chi connectivity index (χ0v) is 24.1. The maximum absolute atomic E-state index is 13.8. The summed E-state index contributed by atoms with van der Waals surface area (Å²) in [5.41, 5.74) is 9.61. The summed E-state index contributed by atoms with van der Waals surface area (Å²) in [5.74, 6) is 5.66. The van der Waals surface area contributed by atoms with E-state index in [4.69, 9.17) is 23.2 Å². The number of amides is 1.